The van der Waals surface area contributed by atoms with Crippen molar-refractivity contribution in [2.24, 2.45) is 29.1 Å². The van der Waals surface area contributed by atoms with Gasteiger partial charge in [-0.2, -0.15) is 0 Å². The molecule has 0 radical (unpaired) electrons. The zero-order valence-electron chi connectivity index (χ0n) is 12.3. The summed E-state index contributed by atoms with van der Waals surface area (Å²) in [7, 11) is 0. The van der Waals surface area contributed by atoms with Crippen LogP contribution in [0.5, 0.6) is 0 Å². The molecule has 4 aliphatic rings. The van der Waals surface area contributed by atoms with Gasteiger partial charge < -0.3 is 0 Å². The van der Waals surface area contributed by atoms with Gasteiger partial charge in [0, 0.05) is 24.2 Å². The molecule has 4 unspecified atom stereocenters. The number of carbonyl (C=O) groups excluding carboxylic acids is 2. The van der Waals surface area contributed by atoms with Crippen molar-refractivity contribution in [3.63, 3.8) is 0 Å². The molecule has 0 saturated heterocycles. The molecule has 4 aliphatic carbocycles. The summed E-state index contributed by atoms with van der Waals surface area (Å²) in [6, 6.07) is 0. The molecule has 0 aromatic carbocycles. The molecule has 0 bridgehead atoms. The highest BCUT2D eigenvalue weighted by Crippen LogP contribution is 2.59. The predicted molar refractivity (Wildman–Crippen MR) is 77.3 cm³/mol. The Labute approximate surface area is 124 Å². The summed E-state index contributed by atoms with van der Waals surface area (Å²) in [5, 5.41) is 0. The van der Waals surface area contributed by atoms with E-state index in [-0.39, 0.29) is 35.2 Å². The van der Waals surface area contributed by atoms with Crippen LogP contribution in [0.15, 0.2) is 23.8 Å². The van der Waals surface area contributed by atoms with Crippen LogP contribution in [0, 0.1) is 29.1 Å². The molecule has 0 spiro atoms. The Kier molecular flexibility index (Phi) is 2.79. The summed E-state index contributed by atoms with van der Waals surface area (Å²) in [5.41, 5.74) is 0.555. The summed E-state index contributed by atoms with van der Waals surface area (Å²) in [4.78, 5) is 23.8. The molecule has 2 nitrogen and oxygen atoms in total. The van der Waals surface area contributed by atoms with E-state index in [2.05, 4.69) is 6.08 Å². The van der Waals surface area contributed by atoms with E-state index in [1.165, 1.54) is 0 Å². The van der Waals surface area contributed by atoms with Gasteiger partial charge in [-0.1, -0.05) is 19.1 Å². The van der Waals surface area contributed by atoms with Crippen LogP contribution in [0.25, 0.3) is 0 Å². The molecule has 0 heterocycles. The maximum Gasteiger partial charge on any atom is 0.155 e. The van der Waals surface area contributed by atoms with Crippen molar-refractivity contribution in [2.75, 3.05) is 0 Å². The third-order valence-electron chi connectivity index (χ3n) is 6.52. The highest BCUT2D eigenvalue weighted by atomic mass is 19.1. The van der Waals surface area contributed by atoms with Gasteiger partial charge >= 0.3 is 0 Å². The number of rotatable bonds is 0. The first-order valence-electron chi connectivity index (χ1n) is 8.11. The number of Topliss-reactive ketones (excluding diaryl/α,β-unsaturated/α-hetero) is 1. The van der Waals surface area contributed by atoms with Crippen LogP contribution in [0.3, 0.4) is 0 Å². The molecule has 0 aliphatic heterocycles. The fourth-order valence-electron chi connectivity index (χ4n) is 5.45. The van der Waals surface area contributed by atoms with E-state index in [4.69, 9.17) is 0 Å². The van der Waals surface area contributed by atoms with E-state index < -0.39 is 11.6 Å². The first-order valence-corrected chi connectivity index (χ1v) is 8.11. The second-order valence-corrected chi connectivity index (χ2v) is 7.48. The largest absolute Gasteiger partial charge is 0.299 e. The van der Waals surface area contributed by atoms with Crippen LogP contribution in [0.2, 0.25) is 0 Å². The van der Waals surface area contributed by atoms with Gasteiger partial charge in [-0.3, -0.25) is 9.59 Å². The van der Waals surface area contributed by atoms with E-state index in [1.54, 1.807) is 6.08 Å². The number of ketones is 2. The molecule has 21 heavy (non-hydrogen) atoms. The number of allylic oxidation sites excluding steroid dienone is 4. The lowest BCUT2D eigenvalue weighted by molar-refractivity contribution is -0.132. The maximum absolute atomic E-state index is 14.9. The normalized spacial score (nSPS) is 48.5. The van der Waals surface area contributed by atoms with Gasteiger partial charge in [0.2, 0.25) is 0 Å². The first kappa shape index (κ1) is 13.4. The van der Waals surface area contributed by atoms with E-state index in [0.717, 1.165) is 18.4 Å². The van der Waals surface area contributed by atoms with Gasteiger partial charge in [0.25, 0.3) is 0 Å². The van der Waals surface area contributed by atoms with Gasteiger partial charge in [-0.25, -0.2) is 4.39 Å². The van der Waals surface area contributed by atoms with Crippen molar-refractivity contribution in [3.05, 3.63) is 23.8 Å². The van der Waals surface area contributed by atoms with Crippen molar-refractivity contribution >= 4 is 11.6 Å². The smallest absolute Gasteiger partial charge is 0.155 e. The molecule has 0 amide bonds. The molecule has 4 rings (SSSR count). The third-order valence-corrected chi connectivity index (χ3v) is 6.52. The monoisotopic (exact) mass is 288 g/mol. The van der Waals surface area contributed by atoms with Crippen molar-refractivity contribution in [1.29, 1.82) is 0 Å². The van der Waals surface area contributed by atoms with Gasteiger partial charge in [0.15, 0.2) is 5.78 Å². The van der Waals surface area contributed by atoms with Gasteiger partial charge in [0.1, 0.15) is 12.0 Å². The SMILES string of the molecule is C[C@]12C[C@H](F)C3C4CCC(=O)C=C4C=CC3C1CCC2=O. The molecule has 2 fully saturated rings. The van der Waals surface area contributed by atoms with E-state index >= 15 is 0 Å². The number of alkyl halides is 1. The summed E-state index contributed by atoms with van der Waals surface area (Å²) in [6.07, 6.45) is 8.11. The standard InChI is InChI=1S/C18H21FO2/c1-18-9-15(19)17-12-5-3-11(20)8-10(12)2-4-13(17)14(18)6-7-16(18)21/h2,4,8,12-15,17H,3,5-7,9H2,1H3/t12?,13?,14?,15-,17?,18-/m0/s1. The van der Waals surface area contributed by atoms with Crippen molar-refractivity contribution in [1.82, 2.24) is 0 Å². The molecule has 112 valence electrons. The Bertz CT molecular complexity index is 576. The number of halogens is 1. The second-order valence-electron chi connectivity index (χ2n) is 7.48. The average molecular weight is 288 g/mol. The zero-order valence-corrected chi connectivity index (χ0v) is 12.3. The quantitative estimate of drug-likeness (QED) is 0.684. The van der Waals surface area contributed by atoms with Crippen LogP contribution in [0.1, 0.15) is 39.0 Å². The Hall–Kier alpha value is -1.25. The lowest BCUT2D eigenvalue weighted by Gasteiger charge is -2.51. The highest BCUT2D eigenvalue weighted by Gasteiger charge is 2.58. The van der Waals surface area contributed by atoms with Gasteiger partial charge in [-0.05, 0) is 48.7 Å². The lowest BCUT2D eigenvalue weighted by Crippen LogP contribution is -2.50. The second kappa shape index (κ2) is 4.37. The topological polar surface area (TPSA) is 34.1 Å². The van der Waals surface area contributed by atoms with Crippen molar-refractivity contribution in [2.45, 2.75) is 45.2 Å². The first-order chi connectivity index (χ1) is 10.0. The number of fused-ring (bicyclic) bond motifs is 5. The summed E-state index contributed by atoms with van der Waals surface area (Å²) < 4.78 is 14.9. The fourth-order valence-corrected chi connectivity index (χ4v) is 5.45. The molecule has 2 saturated carbocycles. The average Bonchev–Trinajstić information content (AvgIpc) is 2.74. The summed E-state index contributed by atoms with van der Waals surface area (Å²) in [5.74, 6) is 1.02. The van der Waals surface area contributed by atoms with E-state index in [9.17, 15) is 14.0 Å². The lowest BCUT2D eigenvalue weighted by atomic mass is 9.53. The molecule has 6 atom stereocenters. The Morgan fingerprint density at radius 3 is 2.86 bits per heavy atom. The van der Waals surface area contributed by atoms with Crippen LogP contribution in [0.4, 0.5) is 4.39 Å². The third kappa shape index (κ3) is 1.75. The van der Waals surface area contributed by atoms with Crippen LogP contribution in [-0.4, -0.2) is 17.7 Å². The molecular formula is C18H21FO2. The minimum Gasteiger partial charge on any atom is -0.299 e. The fraction of sp³-hybridized carbons (Fsp3) is 0.667. The van der Waals surface area contributed by atoms with Gasteiger partial charge in [-0.15, -0.1) is 0 Å². The van der Waals surface area contributed by atoms with Crippen LogP contribution < -0.4 is 0 Å². The van der Waals surface area contributed by atoms with Crippen molar-refractivity contribution < 1.29 is 14.0 Å². The molecule has 3 heteroatoms. The summed E-state index contributed by atoms with van der Waals surface area (Å²) >= 11 is 0. The van der Waals surface area contributed by atoms with Crippen LogP contribution in [-0.2, 0) is 9.59 Å². The molecular weight excluding hydrogens is 267 g/mol. The van der Waals surface area contributed by atoms with Gasteiger partial charge in [0.05, 0.1) is 0 Å². The number of carbonyl (C=O) groups is 2. The Morgan fingerprint density at radius 2 is 2.05 bits per heavy atom. The molecule has 0 N–H and O–H groups in total. The van der Waals surface area contributed by atoms with Crippen LogP contribution >= 0.6 is 0 Å². The number of hydrogen-bond acceptors (Lipinski definition) is 2. The Morgan fingerprint density at radius 1 is 1.24 bits per heavy atom. The molecule has 0 aromatic rings. The maximum atomic E-state index is 14.9. The van der Waals surface area contributed by atoms with E-state index in [1.807, 2.05) is 13.0 Å². The van der Waals surface area contributed by atoms with Crippen molar-refractivity contribution in [3.8, 4) is 0 Å². The molecule has 0 aromatic heterocycles. The zero-order chi connectivity index (χ0) is 14.8. The minimum absolute atomic E-state index is 0.0293. The number of hydrogen-bond donors (Lipinski definition) is 0. The highest BCUT2D eigenvalue weighted by molar-refractivity contribution is 5.92. The predicted octanol–water partition coefficient (Wildman–Crippen LogP) is 3.42. The van der Waals surface area contributed by atoms with E-state index in [0.29, 0.717) is 19.3 Å². The summed E-state index contributed by atoms with van der Waals surface area (Å²) in [6.45, 7) is 1.97. The minimum atomic E-state index is -0.926. The Balaban J connectivity index is 1.76.